The molecule has 3 aromatic rings. The Morgan fingerprint density at radius 2 is 1.73 bits per heavy atom. The van der Waals surface area contributed by atoms with Crippen molar-refractivity contribution in [3.63, 3.8) is 0 Å². The van der Waals surface area contributed by atoms with Crippen molar-refractivity contribution < 1.29 is 4.79 Å². The van der Waals surface area contributed by atoms with E-state index in [2.05, 4.69) is 35.3 Å². The summed E-state index contributed by atoms with van der Waals surface area (Å²) >= 11 is 0. The van der Waals surface area contributed by atoms with Crippen LogP contribution in [0.25, 0.3) is 6.08 Å². The fourth-order valence-electron chi connectivity index (χ4n) is 4.52. The lowest BCUT2D eigenvalue weighted by molar-refractivity contribution is 0.0680. The molecule has 4 nitrogen and oxygen atoms in total. The van der Waals surface area contributed by atoms with Crippen LogP contribution in [-0.2, 0) is 0 Å². The highest BCUT2D eigenvalue weighted by molar-refractivity contribution is 6.09. The van der Waals surface area contributed by atoms with Gasteiger partial charge in [0, 0.05) is 18.3 Å². The van der Waals surface area contributed by atoms with Crippen LogP contribution in [0.5, 0.6) is 0 Å². The molecule has 30 heavy (non-hydrogen) atoms. The summed E-state index contributed by atoms with van der Waals surface area (Å²) in [6.07, 6.45) is 8.64. The van der Waals surface area contributed by atoms with Crippen LogP contribution in [0, 0.1) is 5.92 Å². The average molecular weight is 393 g/mol. The van der Waals surface area contributed by atoms with Gasteiger partial charge in [-0.25, -0.2) is 5.01 Å². The number of hydrazone groups is 1. The third-order valence-electron chi connectivity index (χ3n) is 5.90. The maximum atomic E-state index is 13.4. The minimum absolute atomic E-state index is 0.0895. The number of benzene rings is 2. The summed E-state index contributed by atoms with van der Waals surface area (Å²) in [6.45, 7) is 0. The summed E-state index contributed by atoms with van der Waals surface area (Å²) in [5.41, 5.74) is 5.15. The molecule has 2 aliphatic rings. The minimum Gasteiger partial charge on any atom is -0.267 e. The van der Waals surface area contributed by atoms with Crippen LogP contribution in [0.1, 0.15) is 46.8 Å². The van der Waals surface area contributed by atoms with Gasteiger partial charge >= 0.3 is 0 Å². The van der Waals surface area contributed by atoms with Crippen molar-refractivity contribution in [1.29, 1.82) is 0 Å². The van der Waals surface area contributed by atoms with E-state index in [0.29, 0.717) is 5.56 Å². The predicted octanol–water partition coefficient (Wildman–Crippen LogP) is 5.52. The predicted molar refractivity (Wildman–Crippen MR) is 119 cm³/mol. The van der Waals surface area contributed by atoms with Crippen LogP contribution < -0.4 is 0 Å². The monoisotopic (exact) mass is 393 g/mol. The van der Waals surface area contributed by atoms with Gasteiger partial charge in [0.05, 0.1) is 17.3 Å². The molecule has 1 amide bonds. The van der Waals surface area contributed by atoms with E-state index in [1.165, 1.54) is 11.1 Å². The lowest BCUT2D eigenvalue weighted by Gasteiger charge is -2.29. The van der Waals surface area contributed by atoms with Crippen molar-refractivity contribution in [1.82, 2.24) is 9.99 Å². The van der Waals surface area contributed by atoms with Crippen LogP contribution in [0.4, 0.5) is 0 Å². The molecule has 1 fully saturated rings. The Hall–Kier alpha value is -3.53. The molecule has 1 aliphatic heterocycles. The SMILES string of the molecule is O=C(c1cccnc1)N1N=C2C(=Cc3ccccc3)CCCC2C1c1ccccc1. The Balaban J connectivity index is 1.58. The number of nitrogens with zero attached hydrogens (tertiary/aromatic N) is 3. The zero-order valence-electron chi connectivity index (χ0n) is 16.7. The molecule has 2 atom stereocenters. The summed E-state index contributed by atoms with van der Waals surface area (Å²) < 4.78 is 0. The second-order valence-corrected chi connectivity index (χ2v) is 7.81. The molecule has 0 spiro atoms. The highest BCUT2D eigenvalue weighted by Crippen LogP contribution is 2.44. The van der Waals surface area contributed by atoms with Crippen molar-refractivity contribution >= 4 is 17.7 Å². The molecule has 148 valence electrons. The first-order valence-electron chi connectivity index (χ1n) is 10.4. The first kappa shape index (κ1) is 18.5. The number of aromatic nitrogens is 1. The number of amides is 1. The van der Waals surface area contributed by atoms with E-state index >= 15 is 0 Å². The van der Waals surface area contributed by atoms with E-state index < -0.39 is 0 Å². The first-order valence-corrected chi connectivity index (χ1v) is 10.4. The number of hydrogen-bond donors (Lipinski definition) is 0. The third-order valence-corrected chi connectivity index (χ3v) is 5.90. The molecular formula is C26H23N3O. The zero-order valence-corrected chi connectivity index (χ0v) is 16.7. The molecule has 1 aromatic heterocycles. The van der Waals surface area contributed by atoms with Gasteiger partial charge < -0.3 is 0 Å². The average Bonchev–Trinajstić information content (AvgIpc) is 3.21. The molecule has 0 N–H and O–H groups in total. The Morgan fingerprint density at radius 1 is 0.967 bits per heavy atom. The zero-order chi connectivity index (χ0) is 20.3. The van der Waals surface area contributed by atoms with Crippen LogP contribution in [0.15, 0.2) is 95.9 Å². The van der Waals surface area contributed by atoms with Crippen LogP contribution in [0.3, 0.4) is 0 Å². The molecule has 2 aromatic carbocycles. The largest absolute Gasteiger partial charge is 0.276 e. The van der Waals surface area contributed by atoms with E-state index in [9.17, 15) is 4.79 Å². The summed E-state index contributed by atoms with van der Waals surface area (Å²) in [6, 6.07) is 24.1. The van der Waals surface area contributed by atoms with Crippen LogP contribution in [0.2, 0.25) is 0 Å². The lowest BCUT2D eigenvalue weighted by atomic mass is 9.77. The Bertz CT molecular complexity index is 1090. The van der Waals surface area contributed by atoms with E-state index in [1.807, 2.05) is 36.4 Å². The van der Waals surface area contributed by atoms with Gasteiger partial charge in [0.2, 0.25) is 0 Å². The molecule has 1 saturated carbocycles. The van der Waals surface area contributed by atoms with Gasteiger partial charge in [0.1, 0.15) is 0 Å². The summed E-state index contributed by atoms with van der Waals surface area (Å²) in [5, 5.41) is 6.62. The molecule has 0 bridgehead atoms. The number of carbonyl (C=O) groups excluding carboxylic acids is 1. The van der Waals surface area contributed by atoms with E-state index in [1.54, 1.807) is 29.5 Å². The van der Waals surface area contributed by atoms with Crippen LogP contribution in [-0.4, -0.2) is 21.6 Å². The highest BCUT2D eigenvalue weighted by Gasteiger charge is 2.43. The molecule has 4 heteroatoms. The van der Waals surface area contributed by atoms with Gasteiger partial charge in [-0.3, -0.25) is 9.78 Å². The highest BCUT2D eigenvalue weighted by atomic mass is 16.2. The lowest BCUT2D eigenvalue weighted by Crippen LogP contribution is -2.31. The number of carbonyl (C=O) groups is 1. The van der Waals surface area contributed by atoms with E-state index in [0.717, 1.165) is 30.5 Å². The van der Waals surface area contributed by atoms with Crippen molar-refractivity contribution in [3.8, 4) is 0 Å². The topological polar surface area (TPSA) is 45.6 Å². The van der Waals surface area contributed by atoms with Crippen molar-refractivity contribution in [2.45, 2.75) is 25.3 Å². The number of hydrogen-bond acceptors (Lipinski definition) is 3. The third kappa shape index (κ3) is 3.45. The van der Waals surface area contributed by atoms with Crippen molar-refractivity contribution in [3.05, 3.63) is 107 Å². The molecule has 1 aliphatic carbocycles. The summed E-state index contributed by atoms with van der Waals surface area (Å²) in [7, 11) is 0. The fraction of sp³-hybridized carbons (Fsp3) is 0.192. The summed E-state index contributed by atoms with van der Waals surface area (Å²) in [5.74, 6) is 0.106. The van der Waals surface area contributed by atoms with Crippen LogP contribution >= 0.6 is 0 Å². The minimum atomic E-state index is -0.0992. The second-order valence-electron chi connectivity index (χ2n) is 7.81. The summed E-state index contributed by atoms with van der Waals surface area (Å²) in [4.78, 5) is 17.5. The second kappa shape index (κ2) is 8.07. The number of fused-ring (bicyclic) bond motifs is 1. The van der Waals surface area contributed by atoms with Gasteiger partial charge in [0.25, 0.3) is 5.91 Å². The van der Waals surface area contributed by atoms with Crippen molar-refractivity contribution in [2.75, 3.05) is 0 Å². The molecule has 2 unspecified atom stereocenters. The van der Waals surface area contributed by atoms with E-state index in [4.69, 9.17) is 5.10 Å². The van der Waals surface area contributed by atoms with E-state index in [-0.39, 0.29) is 17.9 Å². The number of rotatable bonds is 3. The molecule has 0 saturated heterocycles. The Labute approximate surface area is 176 Å². The Morgan fingerprint density at radius 3 is 2.47 bits per heavy atom. The quantitative estimate of drug-likeness (QED) is 0.588. The fourth-order valence-corrected chi connectivity index (χ4v) is 4.52. The van der Waals surface area contributed by atoms with Crippen molar-refractivity contribution in [2.24, 2.45) is 11.0 Å². The van der Waals surface area contributed by atoms with Gasteiger partial charge in [0.15, 0.2) is 0 Å². The smallest absolute Gasteiger partial charge is 0.267 e. The first-order chi connectivity index (χ1) is 14.8. The van der Waals surface area contributed by atoms with Gasteiger partial charge in [-0.05, 0) is 54.2 Å². The number of allylic oxidation sites excluding steroid dienone is 1. The normalized spacial score (nSPS) is 21.9. The van der Waals surface area contributed by atoms with Gasteiger partial charge in [-0.1, -0.05) is 60.7 Å². The molecule has 2 heterocycles. The maximum absolute atomic E-state index is 13.4. The maximum Gasteiger partial charge on any atom is 0.276 e. The number of pyridine rings is 1. The standard InChI is InChI=1S/C26H23N3O/c30-26(22-14-8-16-27-18-22)29-25(20-11-5-2-6-12-20)23-15-7-13-21(24(23)28-29)17-19-9-3-1-4-10-19/h1-6,8-12,14,16-18,23,25H,7,13,15H2. The Kier molecular flexibility index (Phi) is 4.98. The molecule has 0 radical (unpaired) electrons. The molecule has 5 rings (SSSR count). The van der Waals surface area contributed by atoms with Gasteiger partial charge in [-0.15, -0.1) is 0 Å². The van der Waals surface area contributed by atoms with Gasteiger partial charge in [-0.2, -0.15) is 5.10 Å². The molecular weight excluding hydrogens is 370 g/mol.